The topological polar surface area (TPSA) is 69.4 Å². The molecule has 2 aromatic heterocycles. The van der Waals surface area contributed by atoms with Crippen LogP contribution in [0.25, 0.3) is 44.4 Å². The minimum Gasteiger partial charge on any atom is -0.345 e. The summed E-state index contributed by atoms with van der Waals surface area (Å²) in [5.41, 5.74) is 6.84. The Morgan fingerprint density at radius 2 is 1.47 bits per heavy atom. The molecule has 3 N–H and O–H groups in total. The van der Waals surface area contributed by atoms with E-state index in [4.69, 9.17) is 0 Å². The van der Waals surface area contributed by atoms with Gasteiger partial charge in [-0.3, -0.25) is 0 Å². The molecule has 1 fully saturated rings. The predicted octanol–water partition coefficient (Wildman–Crippen LogP) is 6.10. The van der Waals surface area contributed by atoms with Crippen molar-refractivity contribution < 1.29 is 0 Å². The van der Waals surface area contributed by atoms with Gasteiger partial charge in [0, 0.05) is 5.56 Å². The Kier molecular flexibility index (Phi) is 4.81. The largest absolute Gasteiger partial charge is 0.345 e. The molecule has 32 heavy (non-hydrogen) atoms. The second kappa shape index (κ2) is 8.09. The van der Waals surface area contributed by atoms with Crippen molar-refractivity contribution in [3.05, 3.63) is 85.2 Å². The van der Waals surface area contributed by atoms with Crippen molar-refractivity contribution in [3.63, 3.8) is 0 Å². The SMILES string of the molecule is c1ncc(-c2ccc(-c3ccc4cc(-c5cnc([C@@H]6CCCCN6)[nH]5)ccc4c3)cc2)[nH]1. The number of rotatable bonds is 4. The lowest BCUT2D eigenvalue weighted by Gasteiger charge is -2.21. The van der Waals surface area contributed by atoms with E-state index in [1.807, 2.05) is 12.4 Å². The number of hydrogen-bond acceptors (Lipinski definition) is 3. The lowest BCUT2D eigenvalue weighted by Crippen LogP contribution is -2.27. The van der Waals surface area contributed by atoms with Gasteiger partial charge in [0.1, 0.15) is 5.82 Å². The van der Waals surface area contributed by atoms with Gasteiger partial charge in [-0.15, -0.1) is 0 Å². The highest BCUT2D eigenvalue weighted by molar-refractivity contribution is 5.90. The fraction of sp³-hybridized carbons (Fsp3) is 0.185. The minimum absolute atomic E-state index is 0.347. The maximum absolute atomic E-state index is 4.65. The van der Waals surface area contributed by atoms with E-state index in [0.717, 1.165) is 35.7 Å². The molecule has 6 rings (SSSR count). The van der Waals surface area contributed by atoms with Crippen molar-refractivity contribution >= 4 is 10.8 Å². The minimum atomic E-state index is 0.347. The van der Waals surface area contributed by atoms with Gasteiger partial charge in [-0.25, -0.2) is 9.97 Å². The molecule has 158 valence electrons. The third-order valence-corrected chi connectivity index (χ3v) is 6.41. The van der Waals surface area contributed by atoms with Gasteiger partial charge in [0.15, 0.2) is 0 Å². The van der Waals surface area contributed by atoms with Gasteiger partial charge < -0.3 is 15.3 Å². The molecule has 0 unspecified atom stereocenters. The van der Waals surface area contributed by atoms with Crippen LogP contribution in [0.2, 0.25) is 0 Å². The molecule has 1 saturated heterocycles. The molecule has 1 aliphatic heterocycles. The molecule has 3 heterocycles. The Morgan fingerprint density at radius 1 is 0.719 bits per heavy atom. The van der Waals surface area contributed by atoms with E-state index in [1.54, 1.807) is 6.33 Å². The standard InChI is InChI=1S/C27H25N5/c1-2-12-29-24(3-1)27-30-16-26(32-27)23-11-10-21-13-20(8-9-22(21)14-23)18-4-6-19(7-5-18)25-15-28-17-31-25/h4-11,13-17,24,29H,1-3,12H2,(H,28,31)(H,30,32)/t24-/m0/s1. The van der Waals surface area contributed by atoms with E-state index in [1.165, 1.54) is 40.3 Å². The van der Waals surface area contributed by atoms with Gasteiger partial charge in [-0.1, -0.05) is 55.0 Å². The van der Waals surface area contributed by atoms with Crippen molar-refractivity contribution in [2.75, 3.05) is 6.54 Å². The number of nitrogens with zero attached hydrogens (tertiary/aromatic N) is 2. The van der Waals surface area contributed by atoms with E-state index in [2.05, 4.69) is 85.9 Å². The average Bonchev–Trinajstić information content (AvgIpc) is 3.57. The Bertz CT molecular complexity index is 1340. The highest BCUT2D eigenvalue weighted by Gasteiger charge is 2.18. The molecule has 0 saturated carbocycles. The summed E-state index contributed by atoms with van der Waals surface area (Å²) in [4.78, 5) is 15.4. The fourth-order valence-corrected chi connectivity index (χ4v) is 4.59. The summed E-state index contributed by atoms with van der Waals surface area (Å²) in [5, 5.41) is 6.03. The number of piperidine rings is 1. The molecule has 0 bridgehead atoms. The summed E-state index contributed by atoms with van der Waals surface area (Å²) >= 11 is 0. The smallest absolute Gasteiger partial charge is 0.123 e. The Labute approximate surface area is 187 Å². The van der Waals surface area contributed by atoms with Crippen LogP contribution in [-0.2, 0) is 0 Å². The van der Waals surface area contributed by atoms with Crippen molar-refractivity contribution in [1.82, 2.24) is 25.3 Å². The van der Waals surface area contributed by atoms with Crippen LogP contribution in [0.15, 0.2) is 79.4 Å². The number of aromatic amines is 2. The first kappa shape index (κ1) is 19.0. The van der Waals surface area contributed by atoms with Crippen molar-refractivity contribution in [3.8, 4) is 33.6 Å². The normalized spacial score (nSPS) is 16.4. The van der Waals surface area contributed by atoms with E-state index < -0.39 is 0 Å². The highest BCUT2D eigenvalue weighted by Crippen LogP contribution is 2.30. The fourth-order valence-electron chi connectivity index (χ4n) is 4.59. The second-order valence-electron chi connectivity index (χ2n) is 8.50. The van der Waals surface area contributed by atoms with E-state index in [0.29, 0.717) is 6.04 Å². The molecule has 5 aromatic rings. The number of H-pyrrole nitrogens is 2. The monoisotopic (exact) mass is 419 g/mol. The molecular formula is C27H25N5. The number of fused-ring (bicyclic) bond motifs is 1. The highest BCUT2D eigenvalue weighted by atomic mass is 15.0. The van der Waals surface area contributed by atoms with Gasteiger partial charge in [-0.05, 0) is 59.0 Å². The molecule has 0 spiro atoms. The zero-order chi connectivity index (χ0) is 21.3. The van der Waals surface area contributed by atoms with Crippen LogP contribution in [0.3, 0.4) is 0 Å². The van der Waals surface area contributed by atoms with Crippen molar-refractivity contribution in [1.29, 1.82) is 0 Å². The maximum Gasteiger partial charge on any atom is 0.123 e. The molecule has 5 heteroatoms. The predicted molar refractivity (Wildman–Crippen MR) is 129 cm³/mol. The Balaban J connectivity index is 1.26. The van der Waals surface area contributed by atoms with Gasteiger partial charge >= 0.3 is 0 Å². The van der Waals surface area contributed by atoms with Gasteiger partial charge in [-0.2, -0.15) is 0 Å². The summed E-state index contributed by atoms with van der Waals surface area (Å²) in [6, 6.07) is 22.2. The number of nitrogens with one attached hydrogen (secondary N) is 3. The van der Waals surface area contributed by atoms with Crippen LogP contribution in [0, 0.1) is 0 Å². The molecule has 3 aromatic carbocycles. The molecule has 0 aliphatic carbocycles. The quantitative estimate of drug-likeness (QED) is 0.330. The third-order valence-electron chi connectivity index (χ3n) is 6.41. The summed E-state index contributed by atoms with van der Waals surface area (Å²) in [7, 11) is 0. The summed E-state index contributed by atoms with van der Waals surface area (Å²) in [6.45, 7) is 1.07. The summed E-state index contributed by atoms with van der Waals surface area (Å²) < 4.78 is 0. The Hall–Kier alpha value is -3.70. The van der Waals surface area contributed by atoms with Crippen LogP contribution < -0.4 is 5.32 Å². The average molecular weight is 420 g/mol. The molecule has 1 atom stereocenters. The molecule has 0 radical (unpaired) electrons. The molecule has 1 aliphatic rings. The van der Waals surface area contributed by atoms with Gasteiger partial charge in [0.05, 0.1) is 36.2 Å². The zero-order valence-electron chi connectivity index (χ0n) is 17.8. The lowest BCUT2D eigenvalue weighted by atomic mass is 9.98. The van der Waals surface area contributed by atoms with Crippen LogP contribution >= 0.6 is 0 Å². The number of hydrogen-bond donors (Lipinski definition) is 3. The number of imidazole rings is 2. The molecule has 5 nitrogen and oxygen atoms in total. The number of benzene rings is 3. The van der Waals surface area contributed by atoms with E-state index in [-0.39, 0.29) is 0 Å². The summed E-state index contributed by atoms with van der Waals surface area (Å²) in [5.74, 6) is 1.05. The Morgan fingerprint density at radius 3 is 2.22 bits per heavy atom. The maximum atomic E-state index is 4.65. The van der Waals surface area contributed by atoms with Crippen LogP contribution in [0.1, 0.15) is 31.1 Å². The van der Waals surface area contributed by atoms with Crippen molar-refractivity contribution in [2.45, 2.75) is 25.3 Å². The van der Waals surface area contributed by atoms with Crippen LogP contribution in [0.4, 0.5) is 0 Å². The summed E-state index contributed by atoms with van der Waals surface area (Å²) in [6.07, 6.45) is 9.18. The van der Waals surface area contributed by atoms with E-state index in [9.17, 15) is 0 Å². The third kappa shape index (κ3) is 3.61. The second-order valence-corrected chi connectivity index (χ2v) is 8.50. The van der Waals surface area contributed by atoms with Crippen molar-refractivity contribution in [2.24, 2.45) is 0 Å². The first-order valence-corrected chi connectivity index (χ1v) is 11.3. The zero-order valence-corrected chi connectivity index (χ0v) is 17.8. The molecular weight excluding hydrogens is 394 g/mol. The first-order chi connectivity index (χ1) is 15.8. The lowest BCUT2D eigenvalue weighted by molar-refractivity contribution is 0.399. The van der Waals surface area contributed by atoms with Gasteiger partial charge in [0.25, 0.3) is 0 Å². The molecule has 0 amide bonds. The van der Waals surface area contributed by atoms with E-state index >= 15 is 0 Å². The number of aromatic nitrogens is 4. The van der Waals surface area contributed by atoms with Crippen LogP contribution in [-0.4, -0.2) is 26.5 Å². The van der Waals surface area contributed by atoms with Crippen LogP contribution in [0.5, 0.6) is 0 Å². The first-order valence-electron chi connectivity index (χ1n) is 11.3. The van der Waals surface area contributed by atoms with Gasteiger partial charge in [0.2, 0.25) is 0 Å².